The second kappa shape index (κ2) is 8.79. The maximum atomic E-state index is 10.1. The smallest absolute Gasteiger partial charge is 0.161 e. The number of methoxy groups -OCH3 is 1. The van der Waals surface area contributed by atoms with Gasteiger partial charge in [-0.1, -0.05) is 18.5 Å². The van der Waals surface area contributed by atoms with Crippen LogP contribution in [0.2, 0.25) is 0 Å². The molecule has 20 heavy (non-hydrogen) atoms. The highest BCUT2D eigenvalue weighted by Crippen LogP contribution is 2.27. The van der Waals surface area contributed by atoms with Crippen molar-refractivity contribution in [2.24, 2.45) is 5.16 Å². The van der Waals surface area contributed by atoms with Crippen LogP contribution in [0.5, 0.6) is 11.5 Å². The monoisotopic (exact) mass is 280 g/mol. The number of carbonyl (C=O) groups excluding carboxylic acids is 1. The summed E-state index contributed by atoms with van der Waals surface area (Å²) >= 11 is 0. The Bertz CT molecular complexity index is 459. The minimum Gasteiger partial charge on any atom is -0.546 e. The van der Waals surface area contributed by atoms with Gasteiger partial charge in [0.2, 0.25) is 0 Å². The lowest BCUT2D eigenvalue weighted by atomic mass is 10.2. The first-order valence-electron chi connectivity index (χ1n) is 6.33. The zero-order valence-corrected chi connectivity index (χ0v) is 11.6. The quantitative estimate of drug-likeness (QED) is 0.382. The van der Waals surface area contributed by atoms with E-state index in [1.807, 2.05) is 0 Å². The molecule has 0 bridgehead atoms. The summed E-state index contributed by atoms with van der Waals surface area (Å²) < 4.78 is 10.8. The van der Waals surface area contributed by atoms with Gasteiger partial charge in [0.25, 0.3) is 0 Å². The second-order valence-corrected chi connectivity index (χ2v) is 3.99. The predicted molar refractivity (Wildman–Crippen MR) is 72.0 cm³/mol. The Kier molecular flexibility index (Phi) is 6.95. The summed E-state index contributed by atoms with van der Waals surface area (Å²) in [6.07, 6.45) is 3.42. The molecule has 0 aromatic heterocycles. The molecule has 1 rings (SSSR count). The van der Waals surface area contributed by atoms with E-state index in [0.717, 1.165) is 12.8 Å². The Morgan fingerprint density at radius 1 is 1.40 bits per heavy atom. The van der Waals surface area contributed by atoms with E-state index in [1.165, 1.54) is 6.21 Å². The molecule has 1 aromatic carbocycles. The molecule has 0 aliphatic heterocycles. The number of aliphatic carboxylic acids is 1. The molecule has 0 saturated carbocycles. The van der Waals surface area contributed by atoms with E-state index in [4.69, 9.17) is 9.47 Å². The lowest BCUT2D eigenvalue weighted by Gasteiger charge is -2.10. The van der Waals surface area contributed by atoms with Crippen LogP contribution in [-0.4, -0.2) is 32.5 Å². The summed E-state index contributed by atoms with van der Waals surface area (Å²) in [5.41, 5.74) is 0.711. The SMILES string of the molecule is CCCCOc1ccc(/C=N\OCC(=O)[O-])cc1OC. The van der Waals surface area contributed by atoms with Gasteiger partial charge in [0.15, 0.2) is 18.1 Å². The number of ether oxygens (including phenoxy) is 2. The third kappa shape index (κ3) is 5.60. The molecule has 0 saturated heterocycles. The van der Waals surface area contributed by atoms with E-state index in [2.05, 4.69) is 16.9 Å². The zero-order valence-electron chi connectivity index (χ0n) is 11.6. The number of oxime groups is 1. The van der Waals surface area contributed by atoms with Gasteiger partial charge in [-0.2, -0.15) is 0 Å². The molecule has 0 aliphatic rings. The fourth-order valence-corrected chi connectivity index (χ4v) is 1.40. The van der Waals surface area contributed by atoms with Crippen molar-refractivity contribution in [1.82, 2.24) is 0 Å². The molecule has 110 valence electrons. The molecule has 0 aliphatic carbocycles. The van der Waals surface area contributed by atoms with E-state index in [0.29, 0.717) is 23.7 Å². The summed E-state index contributed by atoms with van der Waals surface area (Å²) in [5, 5.41) is 13.7. The van der Waals surface area contributed by atoms with Crippen LogP contribution in [0.15, 0.2) is 23.4 Å². The Balaban J connectivity index is 2.63. The van der Waals surface area contributed by atoms with Gasteiger partial charge in [0.1, 0.15) is 0 Å². The Labute approximate surface area is 117 Å². The maximum absolute atomic E-state index is 10.1. The normalized spacial score (nSPS) is 10.5. The Morgan fingerprint density at radius 3 is 2.85 bits per heavy atom. The largest absolute Gasteiger partial charge is 0.546 e. The Morgan fingerprint density at radius 2 is 2.20 bits per heavy atom. The first-order chi connectivity index (χ1) is 9.67. The minimum atomic E-state index is -1.32. The molecular formula is C14H18NO5-. The number of carbonyl (C=O) groups is 1. The van der Waals surface area contributed by atoms with Gasteiger partial charge >= 0.3 is 0 Å². The van der Waals surface area contributed by atoms with Gasteiger partial charge in [0, 0.05) is 5.56 Å². The average Bonchev–Trinajstić information content (AvgIpc) is 2.44. The van der Waals surface area contributed by atoms with Gasteiger partial charge < -0.3 is 24.2 Å². The van der Waals surface area contributed by atoms with Crippen molar-refractivity contribution in [3.63, 3.8) is 0 Å². The second-order valence-electron chi connectivity index (χ2n) is 3.99. The van der Waals surface area contributed by atoms with Crippen molar-refractivity contribution in [3.8, 4) is 11.5 Å². The lowest BCUT2D eigenvalue weighted by Crippen LogP contribution is -2.26. The third-order valence-corrected chi connectivity index (χ3v) is 2.40. The van der Waals surface area contributed by atoms with Gasteiger partial charge in [0.05, 0.1) is 25.9 Å². The minimum absolute atomic E-state index is 0.578. The fraction of sp³-hybridized carbons (Fsp3) is 0.429. The summed E-state index contributed by atoms with van der Waals surface area (Å²) in [7, 11) is 1.55. The molecule has 1 aromatic rings. The molecule has 0 radical (unpaired) electrons. The number of carboxylic acids is 1. The first-order valence-corrected chi connectivity index (χ1v) is 6.33. The summed E-state index contributed by atoms with van der Waals surface area (Å²) in [6, 6.07) is 5.28. The van der Waals surface area contributed by atoms with Gasteiger partial charge in [-0.25, -0.2) is 0 Å². The predicted octanol–water partition coefficient (Wildman–Crippen LogP) is 0.974. The number of hydrogen-bond acceptors (Lipinski definition) is 6. The standard InChI is InChI=1S/C14H19NO5/c1-3-4-7-19-12-6-5-11(8-13(12)18-2)9-15-20-10-14(16)17/h5-6,8-9H,3-4,7,10H2,1-2H3,(H,16,17)/p-1/b15-9-. The van der Waals surface area contributed by atoms with Crippen molar-refractivity contribution >= 4 is 12.2 Å². The molecule has 6 nitrogen and oxygen atoms in total. The number of unbranched alkanes of at least 4 members (excludes halogenated alkanes) is 1. The number of benzene rings is 1. The van der Waals surface area contributed by atoms with Crippen molar-refractivity contribution in [2.45, 2.75) is 19.8 Å². The highest BCUT2D eigenvalue weighted by Gasteiger charge is 2.04. The third-order valence-electron chi connectivity index (χ3n) is 2.40. The molecule has 0 heterocycles. The van der Waals surface area contributed by atoms with Crippen molar-refractivity contribution in [3.05, 3.63) is 23.8 Å². The summed E-state index contributed by atoms with van der Waals surface area (Å²) in [6.45, 7) is 2.15. The number of rotatable bonds is 9. The number of hydrogen-bond donors (Lipinski definition) is 0. The topological polar surface area (TPSA) is 80.2 Å². The highest BCUT2D eigenvalue weighted by molar-refractivity contribution is 5.80. The molecule has 0 unspecified atom stereocenters. The molecule has 0 amide bonds. The van der Waals surface area contributed by atoms with Crippen LogP contribution >= 0.6 is 0 Å². The molecule has 0 fully saturated rings. The van der Waals surface area contributed by atoms with Crippen LogP contribution < -0.4 is 14.6 Å². The Hall–Kier alpha value is -2.24. The molecule has 0 atom stereocenters. The highest BCUT2D eigenvalue weighted by atomic mass is 16.6. The number of carboxylic acid groups (broad SMARTS) is 1. The number of nitrogens with zero attached hydrogens (tertiary/aromatic N) is 1. The van der Waals surface area contributed by atoms with E-state index >= 15 is 0 Å². The van der Waals surface area contributed by atoms with Crippen LogP contribution in [0.4, 0.5) is 0 Å². The van der Waals surface area contributed by atoms with Crippen LogP contribution in [0, 0.1) is 0 Å². The van der Waals surface area contributed by atoms with Crippen LogP contribution in [0.3, 0.4) is 0 Å². The van der Waals surface area contributed by atoms with E-state index in [-0.39, 0.29) is 0 Å². The van der Waals surface area contributed by atoms with E-state index in [9.17, 15) is 9.90 Å². The lowest BCUT2D eigenvalue weighted by molar-refractivity contribution is -0.309. The molecule has 0 N–H and O–H groups in total. The molecular weight excluding hydrogens is 262 g/mol. The zero-order chi connectivity index (χ0) is 14.8. The maximum Gasteiger partial charge on any atom is 0.161 e. The van der Waals surface area contributed by atoms with Gasteiger partial charge in [-0.15, -0.1) is 0 Å². The van der Waals surface area contributed by atoms with Crippen molar-refractivity contribution in [2.75, 3.05) is 20.3 Å². The van der Waals surface area contributed by atoms with Gasteiger partial charge in [-0.3, -0.25) is 0 Å². The van der Waals surface area contributed by atoms with Crippen LogP contribution in [0.1, 0.15) is 25.3 Å². The van der Waals surface area contributed by atoms with Crippen LogP contribution in [-0.2, 0) is 9.63 Å². The molecule has 6 heteroatoms. The van der Waals surface area contributed by atoms with Crippen LogP contribution in [0.25, 0.3) is 0 Å². The fourth-order valence-electron chi connectivity index (χ4n) is 1.40. The average molecular weight is 280 g/mol. The van der Waals surface area contributed by atoms with Crippen molar-refractivity contribution < 1.29 is 24.2 Å². The van der Waals surface area contributed by atoms with E-state index in [1.54, 1.807) is 25.3 Å². The first kappa shape index (κ1) is 15.8. The summed E-state index contributed by atoms with van der Waals surface area (Å²) in [4.78, 5) is 14.7. The molecule has 0 spiro atoms. The van der Waals surface area contributed by atoms with Gasteiger partial charge in [-0.05, 0) is 24.6 Å². The van der Waals surface area contributed by atoms with E-state index < -0.39 is 12.6 Å². The summed E-state index contributed by atoms with van der Waals surface area (Å²) in [5.74, 6) is -0.0712. The van der Waals surface area contributed by atoms with Crippen molar-refractivity contribution in [1.29, 1.82) is 0 Å².